The summed E-state index contributed by atoms with van der Waals surface area (Å²) in [5.74, 6) is -0.0348. The average Bonchev–Trinajstić information content (AvgIpc) is 3.42. The lowest BCUT2D eigenvalue weighted by atomic mass is 10.0. The predicted molar refractivity (Wildman–Crippen MR) is 160 cm³/mol. The Morgan fingerprint density at radius 1 is 1.19 bits per heavy atom. The molecule has 0 amide bonds. The number of benzene rings is 1. The summed E-state index contributed by atoms with van der Waals surface area (Å²) in [6.07, 6.45) is 6.57. The first-order chi connectivity index (χ1) is 20.8. The van der Waals surface area contributed by atoms with Crippen molar-refractivity contribution in [1.29, 1.82) is 0 Å². The molecule has 1 N–H and O–H groups in total. The van der Waals surface area contributed by atoms with Crippen LogP contribution in [-0.4, -0.2) is 51.6 Å². The zero-order valence-electron chi connectivity index (χ0n) is 24.2. The molecule has 43 heavy (non-hydrogen) atoms. The molecule has 0 bridgehead atoms. The van der Waals surface area contributed by atoms with Gasteiger partial charge in [-0.2, -0.15) is 0 Å². The van der Waals surface area contributed by atoms with Crippen molar-refractivity contribution in [3.05, 3.63) is 68.7 Å². The average molecular weight is 610 g/mol. The van der Waals surface area contributed by atoms with Crippen molar-refractivity contribution < 1.29 is 28.5 Å². The molecule has 6 rings (SSSR count). The summed E-state index contributed by atoms with van der Waals surface area (Å²) in [5, 5.41) is 10.2. The fourth-order valence-corrected chi connectivity index (χ4v) is 7.09. The largest absolute Gasteiger partial charge is 0.496 e. The molecule has 0 spiro atoms. The zero-order chi connectivity index (χ0) is 30.1. The Kier molecular flexibility index (Phi) is 8.25. The summed E-state index contributed by atoms with van der Waals surface area (Å²) in [4.78, 5) is 45.7. The van der Waals surface area contributed by atoms with Gasteiger partial charge in [-0.25, -0.2) is 9.78 Å². The van der Waals surface area contributed by atoms with Crippen molar-refractivity contribution in [3.63, 3.8) is 0 Å². The predicted octanol–water partition coefficient (Wildman–Crippen LogP) is 4.78. The van der Waals surface area contributed by atoms with E-state index in [4.69, 9.17) is 18.6 Å². The number of thiophene rings is 1. The molecule has 1 saturated carbocycles. The van der Waals surface area contributed by atoms with Gasteiger partial charge in [0.2, 0.25) is 5.89 Å². The number of ether oxygens (including phenoxy) is 3. The second-order valence-corrected chi connectivity index (χ2v) is 12.3. The van der Waals surface area contributed by atoms with Crippen LogP contribution in [0.25, 0.3) is 21.0 Å². The van der Waals surface area contributed by atoms with Crippen LogP contribution in [0.3, 0.4) is 0 Å². The number of aliphatic carboxylic acids is 1. The van der Waals surface area contributed by atoms with Gasteiger partial charge in [0.05, 0.1) is 41.6 Å². The third-order valence-electron chi connectivity index (χ3n) is 8.53. The summed E-state index contributed by atoms with van der Waals surface area (Å²) in [6, 6.07) is 7.54. The topological polar surface area (TPSA) is 135 Å². The van der Waals surface area contributed by atoms with Crippen molar-refractivity contribution in [2.24, 2.45) is 5.41 Å². The summed E-state index contributed by atoms with van der Waals surface area (Å²) >= 11 is 1.25. The van der Waals surface area contributed by atoms with Gasteiger partial charge in [0, 0.05) is 25.3 Å². The Balaban J connectivity index is 1.51. The number of carboxylic acids is 1. The van der Waals surface area contributed by atoms with Crippen LogP contribution in [0.2, 0.25) is 0 Å². The lowest BCUT2D eigenvalue weighted by Gasteiger charge is -2.28. The highest BCUT2D eigenvalue weighted by molar-refractivity contribution is 7.22. The number of carbonyl (C=O) groups is 1. The highest BCUT2D eigenvalue weighted by atomic mass is 32.1. The van der Waals surface area contributed by atoms with Crippen LogP contribution >= 0.6 is 11.3 Å². The molecule has 1 unspecified atom stereocenters. The van der Waals surface area contributed by atoms with Gasteiger partial charge in [-0.05, 0) is 57.1 Å². The van der Waals surface area contributed by atoms with E-state index in [2.05, 4.69) is 4.98 Å². The van der Waals surface area contributed by atoms with Crippen molar-refractivity contribution in [2.45, 2.75) is 70.7 Å². The first kappa shape index (κ1) is 29.3. The third kappa shape index (κ3) is 5.66. The van der Waals surface area contributed by atoms with E-state index in [-0.39, 0.29) is 19.2 Å². The van der Waals surface area contributed by atoms with Gasteiger partial charge in [-0.3, -0.25) is 18.7 Å². The van der Waals surface area contributed by atoms with Crippen LogP contribution in [0.4, 0.5) is 0 Å². The molecule has 4 aromatic rings. The summed E-state index contributed by atoms with van der Waals surface area (Å²) in [7, 11) is 1.59. The number of para-hydroxylation sites is 1. The Labute approximate surface area is 251 Å². The fraction of sp³-hybridized carbons (Fsp3) is 0.484. The van der Waals surface area contributed by atoms with E-state index in [0.29, 0.717) is 58.2 Å². The first-order valence-corrected chi connectivity index (χ1v) is 15.4. The summed E-state index contributed by atoms with van der Waals surface area (Å²) in [6.45, 7) is 3.00. The van der Waals surface area contributed by atoms with Crippen molar-refractivity contribution in [3.8, 4) is 16.5 Å². The van der Waals surface area contributed by atoms with Gasteiger partial charge in [0.1, 0.15) is 22.9 Å². The number of nitrogens with zero attached hydrogens (tertiary/aromatic N) is 3. The molecule has 2 atom stereocenters. The van der Waals surface area contributed by atoms with Crippen molar-refractivity contribution in [2.75, 3.05) is 20.3 Å². The minimum Gasteiger partial charge on any atom is -0.496 e. The number of oxazole rings is 1. The molecular formula is C31H35N3O8S. The van der Waals surface area contributed by atoms with E-state index in [1.54, 1.807) is 18.6 Å². The Morgan fingerprint density at radius 2 is 2.00 bits per heavy atom. The molecular weight excluding hydrogens is 574 g/mol. The van der Waals surface area contributed by atoms with Crippen LogP contribution in [0.15, 0.2) is 50.7 Å². The number of aryl methyl sites for hydroxylation is 1. The standard InChI is InChI=1S/C31H35N3O8S/c1-19-24-27(35)34(18-31(11-12-31)29(36)37)30(38)33(28(24)43-25(19)26-32-13-16-41-26)17-23(21-8-3-4-9-22(21)39-2)42-20-7-5-6-14-40-15-10-20/h3-4,8-9,13,16,20,23H,5-7,10-12,14-15,17-18H2,1-2H3,(H,36,37)/t20?,23-/m0/s1. The van der Waals surface area contributed by atoms with Crippen LogP contribution in [0.5, 0.6) is 5.75 Å². The van der Waals surface area contributed by atoms with E-state index in [1.807, 2.05) is 24.3 Å². The lowest BCUT2D eigenvalue weighted by molar-refractivity contribution is -0.144. The number of fused-ring (bicyclic) bond motifs is 1. The molecule has 1 aromatic carbocycles. The normalized spacial score (nSPS) is 19.1. The van der Waals surface area contributed by atoms with Gasteiger partial charge in [0.15, 0.2) is 0 Å². The number of aromatic nitrogens is 3. The van der Waals surface area contributed by atoms with E-state index in [0.717, 1.165) is 36.0 Å². The molecule has 1 saturated heterocycles. The van der Waals surface area contributed by atoms with Gasteiger partial charge in [-0.1, -0.05) is 18.2 Å². The summed E-state index contributed by atoms with van der Waals surface area (Å²) < 4.78 is 26.4. The first-order valence-electron chi connectivity index (χ1n) is 14.6. The zero-order valence-corrected chi connectivity index (χ0v) is 25.1. The molecule has 12 heteroatoms. The summed E-state index contributed by atoms with van der Waals surface area (Å²) in [5.41, 5.74) is -0.809. The van der Waals surface area contributed by atoms with Crippen LogP contribution in [0, 0.1) is 12.3 Å². The second kappa shape index (κ2) is 12.1. The monoisotopic (exact) mass is 609 g/mol. The van der Waals surface area contributed by atoms with Crippen LogP contribution in [-0.2, 0) is 27.4 Å². The highest BCUT2D eigenvalue weighted by Gasteiger charge is 2.51. The molecule has 1 aliphatic heterocycles. The fourth-order valence-electron chi connectivity index (χ4n) is 5.85. The molecule has 3 aromatic heterocycles. The van der Waals surface area contributed by atoms with Crippen LogP contribution < -0.4 is 16.0 Å². The van der Waals surface area contributed by atoms with E-state index >= 15 is 0 Å². The molecule has 228 valence electrons. The second-order valence-electron chi connectivity index (χ2n) is 11.3. The lowest BCUT2D eigenvalue weighted by Crippen LogP contribution is -2.43. The maximum Gasteiger partial charge on any atom is 0.332 e. The maximum atomic E-state index is 14.2. The third-order valence-corrected chi connectivity index (χ3v) is 9.83. The van der Waals surface area contributed by atoms with Crippen molar-refractivity contribution in [1.82, 2.24) is 14.1 Å². The van der Waals surface area contributed by atoms with E-state index < -0.39 is 28.7 Å². The smallest absolute Gasteiger partial charge is 0.332 e. The van der Waals surface area contributed by atoms with Gasteiger partial charge >= 0.3 is 11.7 Å². The number of methoxy groups -OCH3 is 1. The molecule has 1 aliphatic carbocycles. The quantitative estimate of drug-likeness (QED) is 0.270. The Hall–Kier alpha value is -3.74. The number of hydrogen-bond donors (Lipinski definition) is 1. The number of carboxylic acid groups (broad SMARTS) is 1. The number of rotatable bonds is 10. The minimum atomic E-state index is -1.12. The highest BCUT2D eigenvalue weighted by Crippen LogP contribution is 2.47. The maximum absolute atomic E-state index is 14.2. The Bertz CT molecular complexity index is 1730. The van der Waals surface area contributed by atoms with Crippen molar-refractivity contribution >= 4 is 27.5 Å². The molecule has 0 radical (unpaired) electrons. The number of hydrogen-bond acceptors (Lipinski definition) is 9. The minimum absolute atomic E-state index is 0.0817. The molecule has 4 heterocycles. The Morgan fingerprint density at radius 3 is 2.72 bits per heavy atom. The van der Waals surface area contributed by atoms with E-state index in [9.17, 15) is 19.5 Å². The van der Waals surface area contributed by atoms with E-state index in [1.165, 1.54) is 23.8 Å². The molecule has 2 fully saturated rings. The van der Waals surface area contributed by atoms with Crippen LogP contribution in [0.1, 0.15) is 55.8 Å². The molecule has 2 aliphatic rings. The van der Waals surface area contributed by atoms with Gasteiger partial charge in [0.25, 0.3) is 5.56 Å². The van der Waals surface area contributed by atoms with Gasteiger partial charge < -0.3 is 23.7 Å². The molecule has 11 nitrogen and oxygen atoms in total. The SMILES string of the molecule is COc1ccccc1[C@H](Cn1c(=O)n(CC2(C(=O)O)CC2)c(=O)c2c(C)c(-c3ncco3)sc21)OC1CCCCOCC1. The van der Waals surface area contributed by atoms with Gasteiger partial charge in [-0.15, -0.1) is 11.3 Å².